The van der Waals surface area contributed by atoms with Crippen molar-refractivity contribution in [1.29, 1.82) is 0 Å². The summed E-state index contributed by atoms with van der Waals surface area (Å²) in [5.74, 6) is 0.691. The molecule has 86 valence electrons. The van der Waals surface area contributed by atoms with Crippen LogP contribution < -0.4 is 11.1 Å². The van der Waals surface area contributed by atoms with Gasteiger partial charge in [-0.3, -0.25) is 4.79 Å². The van der Waals surface area contributed by atoms with Crippen LogP contribution in [0.5, 0.6) is 0 Å². The molecule has 3 heteroatoms. The average Bonchev–Trinajstić information content (AvgIpc) is 3.13. The maximum absolute atomic E-state index is 11.9. The van der Waals surface area contributed by atoms with E-state index >= 15 is 0 Å². The first kappa shape index (κ1) is 11.1. The summed E-state index contributed by atoms with van der Waals surface area (Å²) in [6.45, 7) is 2.54. The Hall–Kier alpha value is -1.35. The van der Waals surface area contributed by atoms with Gasteiger partial charge in [-0.2, -0.15) is 0 Å². The summed E-state index contributed by atoms with van der Waals surface area (Å²) >= 11 is 0. The SMILES string of the molecule is CC(NC(=O)c1cccc(CN)c1)C1CC1. The number of nitrogens with two attached hydrogens (primary N) is 1. The highest BCUT2D eigenvalue weighted by molar-refractivity contribution is 5.94. The molecule has 1 fully saturated rings. The monoisotopic (exact) mass is 218 g/mol. The van der Waals surface area contributed by atoms with E-state index in [2.05, 4.69) is 12.2 Å². The highest BCUT2D eigenvalue weighted by Gasteiger charge is 2.28. The highest BCUT2D eigenvalue weighted by Crippen LogP contribution is 2.32. The molecule has 0 heterocycles. The molecule has 0 spiro atoms. The van der Waals surface area contributed by atoms with E-state index in [0.717, 1.165) is 5.56 Å². The van der Waals surface area contributed by atoms with Gasteiger partial charge >= 0.3 is 0 Å². The molecule has 3 N–H and O–H groups in total. The minimum absolute atomic E-state index is 0.00898. The van der Waals surface area contributed by atoms with Crippen molar-refractivity contribution in [1.82, 2.24) is 5.32 Å². The number of hydrogen-bond acceptors (Lipinski definition) is 2. The molecule has 0 aromatic heterocycles. The number of amides is 1. The van der Waals surface area contributed by atoms with Crippen LogP contribution in [0.1, 0.15) is 35.7 Å². The van der Waals surface area contributed by atoms with E-state index in [0.29, 0.717) is 18.0 Å². The Balaban J connectivity index is 2.01. The Morgan fingerprint density at radius 2 is 2.31 bits per heavy atom. The van der Waals surface area contributed by atoms with Crippen molar-refractivity contribution in [2.24, 2.45) is 11.7 Å². The summed E-state index contributed by atoms with van der Waals surface area (Å²) in [6, 6.07) is 7.78. The van der Waals surface area contributed by atoms with Gasteiger partial charge in [-0.1, -0.05) is 12.1 Å². The first-order chi connectivity index (χ1) is 7.70. The van der Waals surface area contributed by atoms with Gasteiger partial charge in [0.1, 0.15) is 0 Å². The summed E-state index contributed by atoms with van der Waals surface area (Å²) in [7, 11) is 0. The second kappa shape index (κ2) is 4.66. The van der Waals surface area contributed by atoms with Gasteiger partial charge in [0.25, 0.3) is 5.91 Å². The normalized spacial score (nSPS) is 16.9. The minimum atomic E-state index is 0.00898. The maximum Gasteiger partial charge on any atom is 0.251 e. The summed E-state index contributed by atoms with van der Waals surface area (Å²) in [5, 5.41) is 3.03. The number of benzene rings is 1. The van der Waals surface area contributed by atoms with E-state index < -0.39 is 0 Å². The number of nitrogens with one attached hydrogen (secondary N) is 1. The number of carbonyl (C=O) groups is 1. The van der Waals surface area contributed by atoms with Crippen molar-refractivity contribution in [2.75, 3.05) is 0 Å². The van der Waals surface area contributed by atoms with Gasteiger partial charge in [0.05, 0.1) is 0 Å². The summed E-state index contributed by atoms with van der Waals surface area (Å²) in [4.78, 5) is 11.9. The van der Waals surface area contributed by atoms with Crippen LogP contribution in [0.4, 0.5) is 0 Å². The molecule has 1 aliphatic rings. The molecule has 1 aromatic rings. The zero-order chi connectivity index (χ0) is 11.5. The van der Waals surface area contributed by atoms with E-state index in [1.54, 1.807) is 0 Å². The van der Waals surface area contributed by atoms with Gasteiger partial charge in [-0.25, -0.2) is 0 Å². The fourth-order valence-electron chi connectivity index (χ4n) is 1.84. The van der Waals surface area contributed by atoms with Crippen molar-refractivity contribution in [3.05, 3.63) is 35.4 Å². The van der Waals surface area contributed by atoms with E-state index in [4.69, 9.17) is 5.73 Å². The number of carbonyl (C=O) groups excluding carboxylic acids is 1. The van der Waals surface area contributed by atoms with Crippen LogP contribution in [0, 0.1) is 5.92 Å². The van der Waals surface area contributed by atoms with Crippen molar-refractivity contribution < 1.29 is 4.79 Å². The first-order valence-corrected chi connectivity index (χ1v) is 5.80. The molecule has 0 bridgehead atoms. The van der Waals surface area contributed by atoms with Crippen LogP contribution in [0.2, 0.25) is 0 Å². The Morgan fingerprint density at radius 3 is 2.94 bits per heavy atom. The third-order valence-corrected chi connectivity index (χ3v) is 3.11. The van der Waals surface area contributed by atoms with Gasteiger partial charge in [0.15, 0.2) is 0 Å². The Bertz CT molecular complexity index is 385. The molecule has 1 saturated carbocycles. The van der Waals surface area contributed by atoms with E-state index in [1.807, 2.05) is 24.3 Å². The van der Waals surface area contributed by atoms with Crippen molar-refractivity contribution in [2.45, 2.75) is 32.4 Å². The highest BCUT2D eigenvalue weighted by atomic mass is 16.1. The molecule has 0 saturated heterocycles. The van der Waals surface area contributed by atoms with Crippen LogP contribution in [-0.4, -0.2) is 11.9 Å². The van der Waals surface area contributed by atoms with Gasteiger partial charge in [0, 0.05) is 18.2 Å². The second-order valence-electron chi connectivity index (χ2n) is 4.50. The maximum atomic E-state index is 11.9. The summed E-state index contributed by atoms with van der Waals surface area (Å²) in [6.07, 6.45) is 2.48. The van der Waals surface area contributed by atoms with E-state index in [-0.39, 0.29) is 11.9 Å². The molecular formula is C13H18N2O. The molecule has 1 unspecified atom stereocenters. The molecule has 3 nitrogen and oxygen atoms in total. The molecule has 16 heavy (non-hydrogen) atoms. The third-order valence-electron chi connectivity index (χ3n) is 3.11. The fourth-order valence-corrected chi connectivity index (χ4v) is 1.84. The van der Waals surface area contributed by atoms with Crippen LogP contribution in [0.3, 0.4) is 0 Å². The zero-order valence-corrected chi connectivity index (χ0v) is 9.57. The van der Waals surface area contributed by atoms with Gasteiger partial charge in [0.2, 0.25) is 0 Å². The quantitative estimate of drug-likeness (QED) is 0.807. The lowest BCUT2D eigenvalue weighted by Crippen LogP contribution is -2.34. The molecular weight excluding hydrogens is 200 g/mol. The predicted molar refractivity (Wildman–Crippen MR) is 64.0 cm³/mol. The first-order valence-electron chi connectivity index (χ1n) is 5.80. The molecule has 0 aliphatic heterocycles. The summed E-state index contributed by atoms with van der Waals surface area (Å²) < 4.78 is 0. The van der Waals surface area contributed by atoms with Crippen molar-refractivity contribution in [3.8, 4) is 0 Å². The molecule has 0 radical (unpaired) electrons. The lowest BCUT2D eigenvalue weighted by molar-refractivity contribution is 0.0936. The number of rotatable bonds is 4. The average molecular weight is 218 g/mol. The van der Waals surface area contributed by atoms with Gasteiger partial charge in [-0.05, 0) is 43.4 Å². The van der Waals surface area contributed by atoms with E-state index in [9.17, 15) is 4.79 Å². The van der Waals surface area contributed by atoms with Gasteiger partial charge < -0.3 is 11.1 Å². The lowest BCUT2D eigenvalue weighted by atomic mass is 10.1. The molecule has 2 rings (SSSR count). The lowest BCUT2D eigenvalue weighted by Gasteiger charge is -2.13. The van der Waals surface area contributed by atoms with Crippen LogP contribution in [-0.2, 0) is 6.54 Å². The third kappa shape index (κ3) is 2.61. The topological polar surface area (TPSA) is 55.1 Å². The predicted octanol–water partition coefficient (Wildman–Crippen LogP) is 1.67. The van der Waals surface area contributed by atoms with Gasteiger partial charge in [-0.15, -0.1) is 0 Å². The molecule has 1 atom stereocenters. The van der Waals surface area contributed by atoms with Crippen LogP contribution in [0.25, 0.3) is 0 Å². The van der Waals surface area contributed by atoms with Crippen molar-refractivity contribution in [3.63, 3.8) is 0 Å². The standard InChI is InChI=1S/C13H18N2O/c1-9(11-5-6-11)15-13(16)12-4-2-3-10(7-12)8-14/h2-4,7,9,11H,5-6,8,14H2,1H3,(H,15,16). The van der Waals surface area contributed by atoms with E-state index in [1.165, 1.54) is 12.8 Å². The molecule has 1 amide bonds. The second-order valence-corrected chi connectivity index (χ2v) is 4.50. The minimum Gasteiger partial charge on any atom is -0.349 e. The molecule has 1 aliphatic carbocycles. The fraction of sp³-hybridized carbons (Fsp3) is 0.462. The van der Waals surface area contributed by atoms with Crippen molar-refractivity contribution >= 4 is 5.91 Å². The van der Waals surface area contributed by atoms with Crippen LogP contribution >= 0.6 is 0 Å². The Kier molecular flexibility index (Phi) is 3.25. The Labute approximate surface area is 96.0 Å². The molecule has 1 aromatic carbocycles. The zero-order valence-electron chi connectivity index (χ0n) is 9.57. The summed E-state index contributed by atoms with van der Waals surface area (Å²) in [5.41, 5.74) is 7.24. The van der Waals surface area contributed by atoms with Crippen LogP contribution in [0.15, 0.2) is 24.3 Å². The number of hydrogen-bond donors (Lipinski definition) is 2. The smallest absolute Gasteiger partial charge is 0.251 e. The largest absolute Gasteiger partial charge is 0.349 e. The Morgan fingerprint density at radius 1 is 1.56 bits per heavy atom.